The molecule has 0 radical (unpaired) electrons. The summed E-state index contributed by atoms with van der Waals surface area (Å²) in [5, 5.41) is 0. The molecule has 180 valence electrons. The maximum atomic E-state index is 12.0. The van der Waals surface area contributed by atoms with Crippen molar-refractivity contribution in [1.82, 2.24) is 9.80 Å². The third kappa shape index (κ3) is 11.4. The number of hydrogen-bond acceptors (Lipinski definition) is 5. The summed E-state index contributed by atoms with van der Waals surface area (Å²) in [5.41, 5.74) is 0. The van der Waals surface area contributed by atoms with Gasteiger partial charge >= 0.3 is 6.16 Å². The molecule has 2 aliphatic heterocycles. The topological polar surface area (TPSA) is 42.0 Å². The van der Waals surface area contributed by atoms with Crippen LogP contribution in [0.1, 0.15) is 90.9 Å². The maximum absolute atomic E-state index is 12.0. The van der Waals surface area contributed by atoms with Crippen molar-refractivity contribution in [3.05, 3.63) is 0 Å². The van der Waals surface area contributed by atoms with Gasteiger partial charge in [0.15, 0.2) is 0 Å². The summed E-state index contributed by atoms with van der Waals surface area (Å²) < 4.78 is 10.8. The minimum Gasteiger partial charge on any atom is -0.434 e. The Morgan fingerprint density at radius 1 is 0.767 bits per heavy atom. The van der Waals surface area contributed by atoms with Gasteiger partial charge in [0, 0.05) is 12.1 Å². The Morgan fingerprint density at radius 2 is 1.20 bits per heavy atom. The first-order chi connectivity index (χ1) is 13.7. The molecule has 2 fully saturated rings. The van der Waals surface area contributed by atoms with Crippen molar-refractivity contribution in [3.8, 4) is 0 Å². The summed E-state index contributed by atoms with van der Waals surface area (Å²) in [6, 6.07) is 1.14. The minimum atomic E-state index is -0.480. The number of carbonyl (C=O) groups is 1. The Labute approximate surface area is 197 Å². The second kappa shape index (κ2) is 18.4. The molecule has 30 heavy (non-hydrogen) atoms. The third-order valence-electron chi connectivity index (χ3n) is 6.44. The van der Waals surface area contributed by atoms with Crippen LogP contribution in [0.4, 0.5) is 4.79 Å². The van der Waals surface area contributed by atoms with Crippen LogP contribution in [0.3, 0.4) is 0 Å². The van der Waals surface area contributed by atoms with Crippen molar-refractivity contribution >= 4 is 31.0 Å². The number of ether oxygens (including phenoxy) is 2. The predicted octanol–water partition coefficient (Wildman–Crippen LogP) is 6.07. The Balaban J connectivity index is 0.00000420. The highest BCUT2D eigenvalue weighted by atomic mass is 35.5. The van der Waals surface area contributed by atoms with Gasteiger partial charge in [-0.15, -0.1) is 24.8 Å². The van der Waals surface area contributed by atoms with Gasteiger partial charge in [-0.25, -0.2) is 4.79 Å². The van der Waals surface area contributed by atoms with Crippen molar-refractivity contribution in [1.29, 1.82) is 0 Å². The van der Waals surface area contributed by atoms with Crippen LogP contribution in [0.15, 0.2) is 0 Å². The molecule has 5 nitrogen and oxygen atoms in total. The quantitative estimate of drug-likeness (QED) is 0.325. The fourth-order valence-electron chi connectivity index (χ4n) is 4.68. The monoisotopic (exact) mass is 468 g/mol. The van der Waals surface area contributed by atoms with E-state index in [1.165, 1.54) is 90.4 Å². The Bertz CT molecular complexity index is 393. The van der Waals surface area contributed by atoms with Crippen LogP contribution in [-0.2, 0) is 9.47 Å². The van der Waals surface area contributed by atoms with E-state index in [4.69, 9.17) is 9.47 Å². The fraction of sp³-hybridized carbons (Fsp3) is 0.957. The van der Waals surface area contributed by atoms with E-state index < -0.39 is 6.16 Å². The highest BCUT2D eigenvalue weighted by Crippen LogP contribution is 2.21. The van der Waals surface area contributed by atoms with Crippen molar-refractivity contribution in [2.75, 3.05) is 39.4 Å². The highest BCUT2D eigenvalue weighted by molar-refractivity contribution is 5.85. The lowest BCUT2D eigenvalue weighted by atomic mass is 9.99. The number of unbranched alkanes of at least 4 members (excludes halogenated alkanes) is 2. The number of rotatable bonds is 12. The molecule has 2 aliphatic rings. The van der Waals surface area contributed by atoms with Crippen LogP contribution >= 0.6 is 24.8 Å². The van der Waals surface area contributed by atoms with Gasteiger partial charge in [-0.1, -0.05) is 39.5 Å². The number of likely N-dealkylation sites (tertiary alicyclic amines) is 2. The van der Waals surface area contributed by atoms with E-state index in [0.29, 0.717) is 25.3 Å². The van der Waals surface area contributed by atoms with Gasteiger partial charge in [-0.05, 0) is 77.5 Å². The van der Waals surface area contributed by atoms with Crippen molar-refractivity contribution in [2.24, 2.45) is 0 Å². The van der Waals surface area contributed by atoms with E-state index in [0.717, 1.165) is 12.8 Å². The molecular formula is C23H46Cl2N2O3. The Hall–Kier alpha value is -0.230. The molecule has 0 aromatic carbocycles. The first-order valence-corrected chi connectivity index (χ1v) is 12.0. The molecular weight excluding hydrogens is 423 g/mol. The van der Waals surface area contributed by atoms with Crippen LogP contribution in [0.2, 0.25) is 0 Å². The summed E-state index contributed by atoms with van der Waals surface area (Å²) >= 11 is 0. The fourth-order valence-corrected chi connectivity index (χ4v) is 4.68. The molecule has 2 rings (SSSR count). The molecule has 2 atom stereocenters. The molecule has 2 saturated heterocycles. The van der Waals surface area contributed by atoms with Gasteiger partial charge in [-0.2, -0.15) is 0 Å². The van der Waals surface area contributed by atoms with Crippen LogP contribution in [-0.4, -0.2) is 67.4 Å². The van der Waals surface area contributed by atoms with Crippen molar-refractivity contribution in [3.63, 3.8) is 0 Å². The Kier molecular flexibility index (Phi) is 18.2. The highest BCUT2D eigenvalue weighted by Gasteiger charge is 2.23. The molecule has 0 saturated carbocycles. The van der Waals surface area contributed by atoms with Crippen LogP contribution in [0.25, 0.3) is 0 Å². The van der Waals surface area contributed by atoms with E-state index in [-0.39, 0.29) is 24.8 Å². The van der Waals surface area contributed by atoms with Crippen LogP contribution < -0.4 is 0 Å². The standard InChI is InChI=1S/C23H44N2O3.2ClH/c1-3-5-15-24-17-9-7-11-21(24)13-19-27-23(26)28-20-14-22-12-8-10-18-25(22)16-6-4-2;;/h21-22H,3-20H2,1-2H3;2*1H. The molecule has 0 N–H and O–H groups in total. The van der Waals surface area contributed by atoms with Gasteiger partial charge in [0.25, 0.3) is 0 Å². The number of hydrogen-bond donors (Lipinski definition) is 0. The molecule has 2 heterocycles. The first kappa shape index (κ1) is 29.8. The molecule has 7 heteroatoms. The normalized spacial score (nSPS) is 22.6. The number of carbonyl (C=O) groups excluding carboxylic acids is 1. The van der Waals surface area contributed by atoms with E-state index in [1.807, 2.05) is 0 Å². The van der Waals surface area contributed by atoms with Crippen LogP contribution in [0.5, 0.6) is 0 Å². The zero-order chi connectivity index (χ0) is 20.0. The average Bonchev–Trinajstić information content (AvgIpc) is 2.72. The second-order valence-electron chi connectivity index (χ2n) is 8.60. The SMILES string of the molecule is CCCCN1CCCCC1CCOC(=O)OCCC1CCCCN1CCCC.Cl.Cl. The zero-order valence-electron chi connectivity index (χ0n) is 19.3. The lowest BCUT2D eigenvalue weighted by Crippen LogP contribution is -2.41. The van der Waals surface area contributed by atoms with Crippen molar-refractivity contribution in [2.45, 2.75) is 103 Å². The van der Waals surface area contributed by atoms with Gasteiger partial charge in [-0.3, -0.25) is 0 Å². The Morgan fingerprint density at radius 3 is 1.60 bits per heavy atom. The lowest BCUT2D eigenvalue weighted by molar-refractivity contribution is 0.0343. The number of nitrogens with zero attached hydrogens (tertiary/aromatic N) is 2. The van der Waals surface area contributed by atoms with E-state index >= 15 is 0 Å². The largest absolute Gasteiger partial charge is 0.508 e. The summed E-state index contributed by atoms with van der Waals surface area (Å²) in [6.07, 6.45) is 14.1. The van der Waals surface area contributed by atoms with Gasteiger partial charge < -0.3 is 19.3 Å². The predicted molar refractivity (Wildman–Crippen MR) is 129 cm³/mol. The zero-order valence-corrected chi connectivity index (χ0v) is 21.0. The minimum absolute atomic E-state index is 0. The van der Waals surface area contributed by atoms with Gasteiger partial charge in [0.05, 0.1) is 13.2 Å². The third-order valence-corrected chi connectivity index (χ3v) is 6.44. The number of piperidine rings is 2. The molecule has 0 spiro atoms. The smallest absolute Gasteiger partial charge is 0.434 e. The maximum Gasteiger partial charge on any atom is 0.508 e. The summed E-state index contributed by atoms with van der Waals surface area (Å²) in [7, 11) is 0. The van der Waals surface area contributed by atoms with Crippen LogP contribution in [0, 0.1) is 0 Å². The molecule has 0 bridgehead atoms. The summed E-state index contributed by atoms with van der Waals surface area (Å²) in [4.78, 5) is 17.1. The summed E-state index contributed by atoms with van der Waals surface area (Å²) in [6.45, 7) is 10.2. The molecule has 0 aromatic rings. The molecule has 0 aliphatic carbocycles. The molecule has 2 unspecified atom stereocenters. The lowest BCUT2D eigenvalue weighted by Gasteiger charge is -2.36. The van der Waals surface area contributed by atoms with Crippen molar-refractivity contribution < 1.29 is 14.3 Å². The van der Waals surface area contributed by atoms with E-state index in [2.05, 4.69) is 23.6 Å². The first-order valence-electron chi connectivity index (χ1n) is 12.0. The van der Waals surface area contributed by atoms with E-state index in [1.54, 1.807) is 0 Å². The van der Waals surface area contributed by atoms with Gasteiger partial charge in [0.1, 0.15) is 0 Å². The van der Waals surface area contributed by atoms with Gasteiger partial charge in [0.2, 0.25) is 0 Å². The van der Waals surface area contributed by atoms with E-state index in [9.17, 15) is 4.79 Å². The second-order valence-corrected chi connectivity index (χ2v) is 8.60. The molecule has 0 amide bonds. The number of halogens is 2. The molecule has 0 aromatic heterocycles. The summed E-state index contributed by atoms with van der Waals surface area (Å²) in [5.74, 6) is 0. The average molecular weight is 470 g/mol.